The number of amides is 2. The molecule has 6 nitrogen and oxygen atoms in total. The number of aromatic nitrogens is 1. The molecule has 1 aromatic heterocycles. The maximum absolute atomic E-state index is 14.6. The Labute approximate surface area is 180 Å². The molecule has 1 aliphatic carbocycles. The minimum absolute atomic E-state index is 0.132. The van der Waals surface area contributed by atoms with Crippen LogP contribution in [0.15, 0.2) is 36.4 Å². The molecule has 2 aromatic carbocycles. The molecule has 4 rings (SSSR count). The monoisotopic (exact) mass is 423 g/mol. The van der Waals surface area contributed by atoms with Gasteiger partial charge in [-0.3, -0.25) is 4.79 Å². The van der Waals surface area contributed by atoms with Crippen LogP contribution in [-0.4, -0.2) is 28.6 Å². The fraction of sp³-hybridized carbons (Fsp3) is 0.333. The third kappa shape index (κ3) is 4.13. The van der Waals surface area contributed by atoms with Gasteiger partial charge in [0.2, 0.25) is 0 Å². The first kappa shape index (κ1) is 20.9. The Bertz CT molecular complexity index is 1180. The van der Waals surface area contributed by atoms with Crippen LogP contribution in [0, 0.1) is 5.82 Å². The van der Waals surface area contributed by atoms with Crippen molar-refractivity contribution in [3.8, 4) is 11.1 Å². The Hall–Kier alpha value is -3.35. The lowest BCUT2D eigenvalue weighted by molar-refractivity contribution is 0.0500. The summed E-state index contributed by atoms with van der Waals surface area (Å²) in [5.41, 5.74) is 9.06. The van der Waals surface area contributed by atoms with Crippen LogP contribution in [-0.2, 0) is 17.6 Å². The molecule has 0 saturated heterocycles. The number of aromatic amines is 1. The van der Waals surface area contributed by atoms with Gasteiger partial charge in [-0.15, -0.1) is 0 Å². The molecule has 0 fully saturated rings. The lowest BCUT2D eigenvalue weighted by atomic mass is 9.88. The van der Waals surface area contributed by atoms with E-state index in [1.165, 1.54) is 6.07 Å². The molecule has 0 aliphatic heterocycles. The molecule has 1 aliphatic rings. The van der Waals surface area contributed by atoms with Gasteiger partial charge in [-0.25, -0.2) is 9.18 Å². The molecule has 0 saturated carbocycles. The third-order valence-corrected chi connectivity index (χ3v) is 5.49. The number of carbonyl (C=O) groups is 2. The van der Waals surface area contributed by atoms with Crippen LogP contribution in [0.2, 0.25) is 0 Å². The second kappa shape index (κ2) is 7.72. The zero-order valence-electron chi connectivity index (χ0n) is 17.8. The van der Waals surface area contributed by atoms with E-state index in [9.17, 15) is 14.0 Å². The van der Waals surface area contributed by atoms with Gasteiger partial charge in [0.1, 0.15) is 11.4 Å². The quantitative estimate of drug-likeness (QED) is 0.580. The fourth-order valence-corrected chi connectivity index (χ4v) is 4.24. The van der Waals surface area contributed by atoms with Crippen LogP contribution in [0.5, 0.6) is 0 Å². The van der Waals surface area contributed by atoms with Crippen LogP contribution in [0.3, 0.4) is 0 Å². The highest BCUT2D eigenvalue weighted by molar-refractivity contribution is 6.10. The summed E-state index contributed by atoms with van der Waals surface area (Å²) in [6.45, 7) is 5.45. The van der Waals surface area contributed by atoms with Gasteiger partial charge in [0.05, 0.1) is 11.1 Å². The van der Waals surface area contributed by atoms with Gasteiger partial charge in [0, 0.05) is 22.7 Å². The zero-order chi connectivity index (χ0) is 22.3. The van der Waals surface area contributed by atoms with Gasteiger partial charge >= 0.3 is 6.09 Å². The van der Waals surface area contributed by atoms with Crippen LogP contribution >= 0.6 is 0 Å². The summed E-state index contributed by atoms with van der Waals surface area (Å²) in [6.07, 6.45) is 1.48. The van der Waals surface area contributed by atoms with Crippen LogP contribution in [0.25, 0.3) is 22.0 Å². The molecule has 0 bridgehead atoms. The van der Waals surface area contributed by atoms with E-state index in [1.54, 1.807) is 30.3 Å². The zero-order valence-corrected chi connectivity index (χ0v) is 17.8. The highest BCUT2D eigenvalue weighted by atomic mass is 19.1. The van der Waals surface area contributed by atoms with Crippen molar-refractivity contribution in [2.45, 2.75) is 51.7 Å². The number of benzene rings is 2. The van der Waals surface area contributed by atoms with Gasteiger partial charge in [0.25, 0.3) is 5.91 Å². The summed E-state index contributed by atoms with van der Waals surface area (Å²) in [4.78, 5) is 27.6. The number of primary amides is 1. The van der Waals surface area contributed by atoms with E-state index in [-0.39, 0.29) is 11.9 Å². The number of rotatable bonds is 3. The Morgan fingerprint density at radius 3 is 2.58 bits per heavy atom. The first-order valence-electron chi connectivity index (χ1n) is 10.3. The van der Waals surface area contributed by atoms with Crippen LogP contribution in [0.1, 0.15) is 48.8 Å². The van der Waals surface area contributed by atoms with E-state index in [1.807, 2.05) is 20.8 Å². The number of fused-ring (bicyclic) bond motifs is 3. The van der Waals surface area contributed by atoms with Crippen LogP contribution in [0.4, 0.5) is 9.18 Å². The van der Waals surface area contributed by atoms with Crippen molar-refractivity contribution in [3.05, 3.63) is 59.0 Å². The molecular formula is C24H26FN3O3. The number of hydrogen-bond donors (Lipinski definition) is 3. The second-order valence-corrected chi connectivity index (χ2v) is 8.92. The number of ether oxygens (including phenoxy) is 1. The Balaban J connectivity index is 1.79. The molecule has 31 heavy (non-hydrogen) atoms. The molecule has 162 valence electrons. The van der Waals surface area contributed by atoms with Crippen molar-refractivity contribution in [1.29, 1.82) is 0 Å². The molecular weight excluding hydrogens is 397 g/mol. The molecule has 1 unspecified atom stereocenters. The normalized spacial score (nSPS) is 16.1. The van der Waals surface area contributed by atoms with E-state index >= 15 is 0 Å². The summed E-state index contributed by atoms with van der Waals surface area (Å²) in [6, 6.07) is 9.78. The fourth-order valence-electron chi connectivity index (χ4n) is 4.24. The summed E-state index contributed by atoms with van der Waals surface area (Å²) >= 11 is 0. The predicted molar refractivity (Wildman–Crippen MR) is 117 cm³/mol. The van der Waals surface area contributed by atoms with Gasteiger partial charge in [-0.05, 0) is 63.3 Å². The van der Waals surface area contributed by atoms with E-state index in [4.69, 9.17) is 10.5 Å². The van der Waals surface area contributed by atoms with Crippen molar-refractivity contribution >= 4 is 22.9 Å². The average molecular weight is 423 g/mol. The molecule has 0 radical (unpaired) electrons. The van der Waals surface area contributed by atoms with Gasteiger partial charge < -0.3 is 20.8 Å². The summed E-state index contributed by atoms with van der Waals surface area (Å²) < 4.78 is 20.0. The number of aryl methyl sites for hydroxylation is 1. The topological polar surface area (TPSA) is 97.2 Å². The lowest BCUT2D eigenvalue weighted by Gasteiger charge is -2.26. The number of hydrogen-bond acceptors (Lipinski definition) is 3. The predicted octanol–water partition coefficient (Wildman–Crippen LogP) is 4.45. The van der Waals surface area contributed by atoms with Crippen molar-refractivity contribution in [1.82, 2.24) is 10.3 Å². The highest BCUT2D eigenvalue weighted by Gasteiger charge is 2.28. The Morgan fingerprint density at radius 2 is 1.90 bits per heavy atom. The molecule has 4 N–H and O–H groups in total. The minimum atomic E-state index is -0.584. The maximum Gasteiger partial charge on any atom is 0.407 e. The van der Waals surface area contributed by atoms with E-state index in [0.717, 1.165) is 23.1 Å². The first-order valence-corrected chi connectivity index (χ1v) is 10.3. The summed E-state index contributed by atoms with van der Waals surface area (Å²) in [5.74, 6) is -0.892. The number of nitrogens with one attached hydrogen (secondary N) is 2. The average Bonchev–Trinajstić information content (AvgIpc) is 3.05. The van der Waals surface area contributed by atoms with E-state index in [0.29, 0.717) is 35.0 Å². The van der Waals surface area contributed by atoms with Crippen molar-refractivity contribution < 1.29 is 18.7 Å². The minimum Gasteiger partial charge on any atom is -0.444 e. The lowest BCUT2D eigenvalue weighted by Crippen LogP contribution is -2.41. The van der Waals surface area contributed by atoms with Crippen LogP contribution < -0.4 is 11.1 Å². The molecule has 1 heterocycles. The number of alkyl carbamates (subject to hydrolysis) is 1. The smallest absolute Gasteiger partial charge is 0.407 e. The van der Waals surface area contributed by atoms with E-state index < -0.39 is 17.6 Å². The molecule has 1 atom stereocenters. The number of halogens is 1. The van der Waals surface area contributed by atoms with Crippen molar-refractivity contribution in [3.63, 3.8) is 0 Å². The SMILES string of the molecule is CC(C)(C)OC(=O)NC1CCc2[nH]c3c(C(N)=O)ccc(-c4ccccc4F)c3c2C1. The number of nitrogens with two attached hydrogens (primary N) is 1. The second-order valence-electron chi connectivity index (χ2n) is 8.92. The van der Waals surface area contributed by atoms with Gasteiger partial charge in [0.15, 0.2) is 0 Å². The Morgan fingerprint density at radius 1 is 1.16 bits per heavy atom. The van der Waals surface area contributed by atoms with Crippen molar-refractivity contribution in [2.75, 3.05) is 0 Å². The molecule has 7 heteroatoms. The summed E-state index contributed by atoms with van der Waals surface area (Å²) in [7, 11) is 0. The highest BCUT2D eigenvalue weighted by Crippen LogP contribution is 2.38. The Kier molecular flexibility index (Phi) is 5.21. The standard InChI is InChI=1S/C24H26FN3O3/c1-24(2,3)31-23(30)27-13-8-11-19-17(12-13)20-15(14-6-4-5-7-18(14)25)9-10-16(22(26)29)21(20)28-19/h4-7,9-10,13,28H,8,11-12H2,1-3H3,(H2,26,29)(H,27,30). The van der Waals surface area contributed by atoms with E-state index in [2.05, 4.69) is 10.3 Å². The van der Waals surface area contributed by atoms with Crippen molar-refractivity contribution in [2.24, 2.45) is 5.73 Å². The summed E-state index contributed by atoms with van der Waals surface area (Å²) in [5, 5.41) is 3.71. The first-order chi connectivity index (χ1) is 14.6. The maximum atomic E-state index is 14.6. The molecule has 2 amide bonds. The largest absolute Gasteiger partial charge is 0.444 e. The molecule has 3 aromatic rings. The number of H-pyrrole nitrogens is 1. The number of carbonyl (C=O) groups excluding carboxylic acids is 2. The van der Waals surface area contributed by atoms with Gasteiger partial charge in [-0.1, -0.05) is 24.3 Å². The van der Waals surface area contributed by atoms with Gasteiger partial charge in [-0.2, -0.15) is 0 Å². The molecule has 0 spiro atoms. The third-order valence-electron chi connectivity index (χ3n) is 5.49.